The molecule has 0 spiro atoms. The molecule has 6 nitrogen and oxygen atoms in total. The summed E-state index contributed by atoms with van der Waals surface area (Å²) in [4.78, 5) is 26.0. The average Bonchev–Trinajstić information content (AvgIpc) is 2.79. The van der Waals surface area contributed by atoms with Crippen LogP contribution in [0.1, 0.15) is 21.6 Å². The van der Waals surface area contributed by atoms with Crippen molar-refractivity contribution in [2.75, 3.05) is 10.6 Å². The van der Waals surface area contributed by atoms with Crippen LogP contribution in [-0.2, 0) is 6.54 Å². The van der Waals surface area contributed by atoms with E-state index in [0.29, 0.717) is 23.9 Å². The number of rotatable bonds is 6. The van der Waals surface area contributed by atoms with E-state index in [9.17, 15) is 4.79 Å². The number of carbonyl (C=O) groups is 1. The van der Waals surface area contributed by atoms with Gasteiger partial charge in [-0.25, -0.2) is 9.97 Å². The molecule has 4 rings (SSSR count). The molecule has 0 saturated carbocycles. The minimum absolute atomic E-state index is 0.285. The highest BCUT2D eigenvalue weighted by molar-refractivity contribution is 6.03. The Hall–Kier alpha value is -4.06. The molecule has 1 amide bonds. The zero-order valence-corrected chi connectivity index (χ0v) is 16.5. The van der Waals surface area contributed by atoms with Crippen molar-refractivity contribution in [2.45, 2.75) is 13.5 Å². The van der Waals surface area contributed by atoms with Crippen molar-refractivity contribution in [3.63, 3.8) is 0 Å². The molecule has 2 N–H and O–H groups in total. The van der Waals surface area contributed by atoms with Crippen LogP contribution in [0.2, 0.25) is 0 Å². The number of anilines is 2. The number of hydrogen-bond donors (Lipinski definition) is 2. The maximum Gasteiger partial charge on any atom is 0.274 e. The lowest BCUT2D eigenvalue weighted by atomic mass is 10.2. The minimum atomic E-state index is -0.285. The summed E-state index contributed by atoms with van der Waals surface area (Å²) in [5.41, 5.74) is 4.00. The van der Waals surface area contributed by atoms with Crippen molar-refractivity contribution in [1.82, 2.24) is 15.0 Å². The van der Waals surface area contributed by atoms with Gasteiger partial charge >= 0.3 is 0 Å². The molecule has 0 aliphatic heterocycles. The van der Waals surface area contributed by atoms with Gasteiger partial charge in [0.2, 0.25) is 0 Å². The van der Waals surface area contributed by atoms with Gasteiger partial charge in [0.05, 0.1) is 0 Å². The van der Waals surface area contributed by atoms with Crippen molar-refractivity contribution < 1.29 is 4.79 Å². The predicted molar refractivity (Wildman–Crippen MR) is 118 cm³/mol. The first-order chi connectivity index (χ1) is 14.7. The lowest BCUT2D eigenvalue weighted by Crippen LogP contribution is -2.16. The molecule has 0 unspecified atom stereocenters. The van der Waals surface area contributed by atoms with E-state index in [-0.39, 0.29) is 5.91 Å². The first-order valence-electron chi connectivity index (χ1n) is 9.63. The SMILES string of the molecule is Cc1cccc(NC(=O)c2cc(NCc3ccncc3)nc(-c3ccccc3)n2)c1. The fourth-order valence-electron chi connectivity index (χ4n) is 2.98. The highest BCUT2D eigenvalue weighted by atomic mass is 16.1. The number of nitrogens with zero attached hydrogens (tertiary/aromatic N) is 3. The summed E-state index contributed by atoms with van der Waals surface area (Å²) in [5, 5.41) is 6.19. The number of hydrogen-bond acceptors (Lipinski definition) is 5. The van der Waals surface area contributed by atoms with E-state index < -0.39 is 0 Å². The van der Waals surface area contributed by atoms with Crippen LogP contribution in [0.25, 0.3) is 11.4 Å². The number of nitrogens with one attached hydrogen (secondary N) is 2. The third kappa shape index (κ3) is 4.86. The Morgan fingerprint density at radius 3 is 2.47 bits per heavy atom. The first kappa shape index (κ1) is 19.3. The van der Waals surface area contributed by atoms with E-state index in [0.717, 1.165) is 22.4 Å². The molecule has 2 aromatic carbocycles. The molecule has 30 heavy (non-hydrogen) atoms. The Morgan fingerprint density at radius 2 is 1.70 bits per heavy atom. The van der Waals surface area contributed by atoms with Crippen molar-refractivity contribution in [3.8, 4) is 11.4 Å². The van der Waals surface area contributed by atoms with Crippen LogP contribution in [0.5, 0.6) is 0 Å². The molecule has 2 aromatic heterocycles. The van der Waals surface area contributed by atoms with E-state index in [1.165, 1.54) is 0 Å². The number of amides is 1. The average molecular weight is 395 g/mol. The fraction of sp³-hybridized carbons (Fsp3) is 0.0833. The van der Waals surface area contributed by atoms with Crippen molar-refractivity contribution in [3.05, 3.63) is 102 Å². The lowest BCUT2D eigenvalue weighted by Gasteiger charge is -2.11. The normalized spacial score (nSPS) is 10.4. The number of aryl methyl sites for hydroxylation is 1. The zero-order valence-electron chi connectivity index (χ0n) is 16.5. The second-order valence-electron chi connectivity index (χ2n) is 6.86. The summed E-state index contributed by atoms with van der Waals surface area (Å²) in [7, 11) is 0. The molecule has 0 aliphatic rings. The molecule has 148 valence electrons. The van der Waals surface area contributed by atoms with Crippen LogP contribution < -0.4 is 10.6 Å². The Labute approximate surface area is 175 Å². The molecular weight excluding hydrogens is 374 g/mol. The zero-order chi connectivity index (χ0) is 20.8. The van der Waals surface area contributed by atoms with Gasteiger partial charge in [0, 0.05) is 36.3 Å². The third-order valence-corrected chi connectivity index (χ3v) is 4.49. The summed E-state index contributed by atoms with van der Waals surface area (Å²) in [6.07, 6.45) is 3.49. The van der Waals surface area contributed by atoms with Gasteiger partial charge < -0.3 is 10.6 Å². The molecule has 0 saturated heterocycles. The van der Waals surface area contributed by atoms with E-state index in [1.54, 1.807) is 18.5 Å². The molecule has 2 heterocycles. The van der Waals surface area contributed by atoms with Crippen LogP contribution >= 0.6 is 0 Å². The van der Waals surface area contributed by atoms with Crippen LogP contribution in [0.4, 0.5) is 11.5 Å². The number of benzene rings is 2. The van der Waals surface area contributed by atoms with E-state index in [4.69, 9.17) is 0 Å². The van der Waals surface area contributed by atoms with Gasteiger partial charge in [-0.3, -0.25) is 9.78 Å². The monoisotopic (exact) mass is 395 g/mol. The standard InChI is InChI=1S/C24H21N5O/c1-17-6-5-9-20(14-17)27-24(30)21-15-22(26-16-18-10-12-25-13-11-18)29-23(28-21)19-7-3-2-4-8-19/h2-15H,16H2,1H3,(H,27,30)(H,26,28,29). The summed E-state index contributed by atoms with van der Waals surface area (Å²) >= 11 is 0. The molecule has 0 atom stereocenters. The van der Waals surface area contributed by atoms with Crippen LogP contribution in [-0.4, -0.2) is 20.9 Å². The van der Waals surface area contributed by atoms with Gasteiger partial charge in [-0.2, -0.15) is 0 Å². The van der Waals surface area contributed by atoms with Gasteiger partial charge in [-0.15, -0.1) is 0 Å². The molecule has 0 bridgehead atoms. The Bertz CT molecular complexity index is 1150. The van der Waals surface area contributed by atoms with Gasteiger partial charge in [0.15, 0.2) is 5.82 Å². The van der Waals surface area contributed by atoms with Crippen molar-refractivity contribution >= 4 is 17.4 Å². The summed E-state index contributed by atoms with van der Waals surface area (Å²) in [6.45, 7) is 2.54. The Balaban J connectivity index is 1.63. The molecule has 6 heteroatoms. The van der Waals surface area contributed by atoms with Crippen LogP contribution in [0.3, 0.4) is 0 Å². The minimum Gasteiger partial charge on any atom is -0.366 e. The summed E-state index contributed by atoms with van der Waals surface area (Å²) in [6, 6.07) is 22.8. The van der Waals surface area contributed by atoms with E-state index in [1.807, 2.05) is 73.7 Å². The Kier molecular flexibility index (Phi) is 5.75. The smallest absolute Gasteiger partial charge is 0.274 e. The summed E-state index contributed by atoms with van der Waals surface area (Å²) < 4.78 is 0. The topological polar surface area (TPSA) is 79.8 Å². The van der Waals surface area contributed by atoms with E-state index >= 15 is 0 Å². The van der Waals surface area contributed by atoms with Crippen molar-refractivity contribution in [1.29, 1.82) is 0 Å². The lowest BCUT2D eigenvalue weighted by molar-refractivity contribution is 0.102. The molecule has 4 aromatic rings. The van der Waals surface area contributed by atoms with Crippen LogP contribution in [0.15, 0.2) is 85.2 Å². The summed E-state index contributed by atoms with van der Waals surface area (Å²) in [5.74, 6) is 0.784. The van der Waals surface area contributed by atoms with Gasteiger partial charge in [0.1, 0.15) is 11.5 Å². The van der Waals surface area contributed by atoms with Gasteiger partial charge in [-0.05, 0) is 42.3 Å². The number of aromatic nitrogens is 3. The molecule has 0 radical (unpaired) electrons. The second kappa shape index (κ2) is 8.96. The quantitative estimate of drug-likeness (QED) is 0.494. The molecular formula is C24H21N5O. The fourth-order valence-corrected chi connectivity index (χ4v) is 2.98. The number of carbonyl (C=O) groups excluding carboxylic acids is 1. The largest absolute Gasteiger partial charge is 0.366 e. The van der Waals surface area contributed by atoms with Gasteiger partial charge in [-0.1, -0.05) is 42.5 Å². The number of pyridine rings is 1. The molecule has 0 aliphatic carbocycles. The molecule has 0 fully saturated rings. The van der Waals surface area contributed by atoms with E-state index in [2.05, 4.69) is 25.6 Å². The third-order valence-electron chi connectivity index (χ3n) is 4.49. The van der Waals surface area contributed by atoms with Gasteiger partial charge in [0.25, 0.3) is 5.91 Å². The second-order valence-corrected chi connectivity index (χ2v) is 6.86. The Morgan fingerprint density at radius 1 is 0.900 bits per heavy atom. The maximum atomic E-state index is 12.9. The maximum absolute atomic E-state index is 12.9. The predicted octanol–water partition coefficient (Wildman–Crippen LogP) is 4.71. The van der Waals surface area contributed by atoms with Crippen LogP contribution in [0, 0.1) is 6.92 Å². The highest BCUT2D eigenvalue weighted by Crippen LogP contribution is 2.19. The highest BCUT2D eigenvalue weighted by Gasteiger charge is 2.13. The first-order valence-corrected chi connectivity index (χ1v) is 9.63. The van der Waals surface area contributed by atoms with Crippen molar-refractivity contribution in [2.24, 2.45) is 0 Å².